The summed E-state index contributed by atoms with van der Waals surface area (Å²) in [7, 11) is 0. The molecule has 0 aliphatic rings. The first-order valence-corrected chi connectivity index (χ1v) is 5.66. The summed E-state index contributed by atoms with van der Waals surface area (Å²) in [6, 6.07) is 5.82. The zero-order valence-electron chi connectivity index (χ0n) is 10.4. The van der Waals surface area contributed by atoms with Crippen molar-refractivity contribution in [3.05, 3.63) is 70.0 Å². The summed E-state index contributed by atoms with van der Waals surface area (Å²) in [6.45, 7) is 3.69. The zero-order valence-corrected chi connectivity index (χ0v) is 10.4. The fraction of sp³-hybridized carbons (Fsp3) is 0.133. The van der Waals surface area contributed by atoms with Gasteiger partial charge in [-0.3, -0.25) is 4.79 Å². The van der Waals surface area contributed by atoms with Crippen molar-refractivity contribution in [1.82, 2.24) is 0 Å². The minimum Gasteiger partial charge on any atom is -0.288 e. The van der Waals surface area contributed by atoms with Gasteiger partial charge in [0.1, 0.15) is 5.82 Å². The van der Waals surface area contributed by atoms with Gasteiger partial charge >= 0.3 is 0 Å². The molecule has 0 saturated carbocycles. The van der Waals surface area contributed by atoms with Crippen molar-refractivity contribution in [3.8, 4) is 0 Å². The number of carbonyl (C=O) groups excluding carboxylic acids is 1. The summed E-state index contributed by atoms with van der Waals surface area (Å²) in [5, 5.41) is 0. The summed E-state index contributed by atoms with van der Waals surface area (Å²) >= 11 is 0. The number of rotatable bonds is 2. The van der Waals surface area contributed by atoms with E-state index in [0.717, 1.165) is 11.1 Å². The standard InChI is InChI=1S/C15H11F3O/c1-8-3-4-10(5-9(8)2)15(19)11-6-13(17)14(18)7-12(11)16/h3-7H,1-2H3. The molecule has 19 heavy (non-hydrogen) atoms. The summed E-state index contributed by atoms with van der Waals surface area (Å²) in [5.74, 6) is -4.29. The molecule has 98 valence electrons. The minimum absolute atomic E-state index is 0.244. The maximum absolute atomic E-state index is 13.5. The molecule has 0 radical (unpaired) electrons. The van der Waals surface area contributed by atoms with Crippen LogP contribution in [0.5, 0.6) is 0 Å². The van der Waals surface area contributed by atoms with Crippen LogP contribution in [0, 0.1) is 31.3 Å². The van der Waals surface area contributed by atoms with E-state index in [4.69, 9.17) is 0 Å². The van der Waals surface area contributed by atoms with Gasteiger partial charge in [-0.15, -0.1) is 0 Å². The molecule has 0 bridgehead atoms. The van der Waals surface area contributed by atoms with Gasteiger partial charge in [-0.05, 0) is 37.1 Å². The molecule has 0 unspecified atom stereocenters. The molecule has 0 N–H and O–H groups in total. The molecule has 0 aliphatic carbocycles. The fourth-order valence-electron chi connectivity index (χ4n) is 1.73. The van der Waals surface area contributed by atoms with Crippen LogP contribution in [0.3, 0.4) is 0 Å². The first-order valence-electron chi connectivity index (χ1n) is 5.66. The Bertz CT molecular complexity index is 663. The van der Waals surface area contributed by atoms with Gasteiger partial charge < -0.3 is 0 Å². The molecular weight excluding hydrogens is 253 g/mol. The molecule has 0 aliphatic heterocycles. The molecule has 1 nitrogen and oxygen atoms in total. The quantitative estimate of drug-likeness (QED) is 0.593. The van der Waals surface area contributed by atoms with E-state index in [0.29, 0.717) is 12.1 Å². The lowest BCUT2D eigenvalue weighted by atomic mass is 9.99. The lowest BCUT2D eigenvalue weighted by Crippen LogP contribution is -2.06. The van der Waals surface area contributed by atoms with Crippen LogP contribution >= 0.6 is 0 Å². The summed E-state index contributed by atoms with van der Waals surface area (Å²) in [4.78, 5) is 12.1. The van der Waals surface area contributed by atoms with Crippen LogP contribution < -0.4 is 0 Å². The summed E-state index contributed by atoms with van der Waals surface area (Å²) in [6.07, 6.45) is 0. The van der Waals surface area contributed by atoms with Gasteiger partial charge in [0, 0.05) is 11.6 Å². The molecule has 2 rings (SSSR count). The number of hydrogen-bond donors (Lipinski definition) is 0. The van der Waals surface area contributed by atoms with E-state index in [1.54, 1.807) is 12.1 Å². The Morgan fingerprint density at radius 2 is 1.47 bits per heavy atom. The third kappa shape index (κ3) is 2.52. The van der Waals surface area contributed by atoms with Crippen molar-refractivity contribution in [3.63, 3.8) is 0 Å². The Kier molecular flexibility index (Phi) is 3.42. The van der Waals surface area contributed by atoms with Gasteiger partial charge in [-0.2, -0.15) is 0 Å². The smallest absolute Gasteiger partial charge is 0.196 e. The highest BCUT2D eigenvalue weighted by Crippen LogP contribution is 2.19. The van der Waals surface area contributed by atoms with E-state index in [1.165, 1.54) is 6.07 Å². The first kappa shape index (κ1) is 13.3. The SMILES string of the molecule is Cc1ccc(C(=O)c2cc(F)c(F)cc2F)cc1C. The summed E-state index contributed by atoms with van der Waals surface area (Å²) in [5.41, 5.74) is 1.63. The van der Waals surface area contributed by atoms with Gasteiger partial charge in [0.05, 0.1) is 5.56 Å². The Labute approximate surface area is 108 Å². The van der Waals surface area contributed by atoms with Crippen molar-refractivity contribution in [1.29, 1.82) is 0 Å². The average molecular weight is 264 g/mol. The molecule has 2 aromatic carbocycles. The second kappa shape index (κ2) is 4.88. The highest BCUT2D eigenvalue weighted by atomic mass is 19.2. The normalized spacial score (nSPS) is 10.6. The van der Waals surface area contributed by atoms with Crippen LogP contribution in [0.4, 0.5) is 13.2 Å². The molecule has 0 fully saturated rings. The van der Waals surface area contributed by atoms with Gasteiger partial charge in [0.2, 0.25) is 0 Å². The highest BCUT2D eigenvalue weighted by Gasteiger charge is 2.18. The number of ketones is 1. The van der Waals surface area contributed by atoms with Gasteiger partial charge in [-0.25, -0.2) is 13.2 Å². The predicted octanol–water partition coefficient (Wildman–Crippen LogP) is 3.95. The third-order valence-electron chi connectivity index (χ3n) is 3.02. The second-order valence-corrected chi connectivity index (χ2v) is 4.37. The fourth-order valence-corrected chi connectivity index (χ4v) is 1.73. The Morgan fingerprint density at radius 3 is 2.11 bits per heavy atom. The number of hydrogen-bond acceptors (Lipinski definition) is 1. The maximum atomic E-state index is 13.5. The first-order chi connectivity index (χ1) is 8.90. The van der Waals surface area contributed by atoms with Crippen LogP contribution in [0.1, 0.15) is 27.0 Å². The van der Waals surface area contributed by atoms with Gasteiger partial charge in [0.15, 0.2) is 17.4 Å². The third-order valence-corrected chi connectivity index (χ3v) is 3.02. The van der Waals surface area contributed by atoms with Crippen LogP contribution in [-0.4, -0.2) is 5.78 Å². The van der Waals surface area contributed by atoms with Crippen LogP contribution in [0.2, 0.25) is 0 Å². The van der Waals surface area contributed by atoms with E-state index in [9.17, 15) is 18.0 Å². The number of aryl methyl sites for hydroxylation is 2. The number of benzene rings is 2. The predicted molar refractivity (Wildman–Crippen MR) is 65.7 cm³/mol. The molecule has 0 saturated heterocycles. The van der Waals surface area contributed by atoms with E-state index in [1.807, 2.05) is 13.8 Å². The molecule has 0 amide bonds. The van der Waals surface area contributed by atoms with Crippen molar-refractivity contribution in [2.45, 2.75) is 13.8 Å². The second-order valence-electron chi connectivity index (χ2n) is 4.37. The molecule has 0 spiro atoms. The zero-order chi connectivity index (χ0) is 14.2. The van der Waals surface area contributed by atoms with E-state index in [-0.39, 0.29) is 5.56 Å². The average Bonchev–Trinajstić information content (AvgIpc) is 2.36. The van der Waals surface area contributed by atoms with Crippen LogP contribution in [-0.2, 0) is 0 Å². The molecule has 0 aromatic heterocycles. The molecule has 0 heterocycles. The van der Waals surface area contributed by atoms with Crippen LogP contribution in [0.15, 0.2) is 30.3 Å². The maximum Gasteiger partial charge on any atom is 0.196 e. The highest BCUT2D eigenvalue weighted by molar-refractivity contribution is 6.09. The van der Waals surface area contributed by atoms with Crippen molar-refractivity contribution >= 4 is 5.78 Å². The summed E-state index contributed by atoms with van der Waals surface area (Å²) < 4.78 is 39.4. The molecule has 4 heteroatoms. The molecule has 0 atom stereocenters. The molecule has 2 aromatic rings. The Morgan fingerprint density at radius 1 is 0.842 bits per heavy atom. The Balaban J connectivity index is 2.49. The largest absolute Gasteiger partial charge is 0.288 e. The lowest BCUT2D eigenvalue weighted by molar-refractivity contribution is 0.103. The van der Waals surface area contributed by atoms with Crippen molar-refractivity contribution < 1.29 is 18.0 Å². The van der Waals surface area contributed by atoms with Gasteiger partial charge in [0.25, 0.3) is 0 Å². The minimum atomic E-state index is -1.31. The van der Waals surface area contributed by atoms with Crippen LogP contribution in [0.25, 0.3) is 0 Å². The number of carbonyl (C=O) groups is 1. The Hall–Kier alpha value is -2.10. The van der Waals surface area contributed by atoms with Crippen molar-refractivity contribution in [2.24, 2.45) is 0 Å². The van der Waals surface area contributed by atoms with Gasteiger partial charge in [-0.1, -0.05) is 12.1 Å². The van der Waals surface area contributed by atoms with E-state index >= 15 is 0 Å². The topological polar surface area (TPSA) is 17.1 Å². The monoisotopic (exact) mass is 264 g/mol. The lowest BCUT2D eigenvalue weighted by Gasteiger charge is -2.06. The van der Waals surface area contributed by atoms with E-state index < -0.39 is 28.8 Å². The molecular formula is C15H11F3O. The van der Waals surface area contributed by atoms with Crippen molar-refractivity contribution in [2.75, 3.05) is 0 Å². The van der Waals surface area contributed by atoms with E-state index in [2.05, 4.69) is 0 Å². The number of halogens is 3.